The van der Waals surface area contributed by atoms with Crippen molar-refractivity contribution in [3.63, 3.8) is 0 Å². The average molecular weight is 338 g/mol. The first-order chi connectivity index (χ1) is 9.69. The molecule has 3 nitrogen and oxygen atoms in total. The second-order valence-corrected chi connectivity index (χ2v) is 5.53. The number of carbonyl (C=O) groups is 1. The molecule has 0 spiro atoms. The summed E-state index contributed by atoms with van der Waals surface area (Å²) in [7, 11) is 0. The molecule has 1 rings (SSSR count). The molecule has 0 saturated heterocycles. The number of amides is 1. The number of unbranched alkanes of at least 4 members (excludes halogenated alkanes) is 2. The van der Waals surface area contributed by atoms with Crippen LogP contribution in [0.3, 0.4) is 0 Å². The van der Waals surface area contributed by atoms with Gasteiger partial charge in [0.05, 0.1) is 0 Å². The third-order valence-electron chi connectivity index (χ3n) is 3.05. The number of benzene rings is 1. The molecular formula is C16H23N2OSe-. The van der Waals surface area contributed by atoms with E-state index in [9.17, 15) is 4.79 Å². The van der Waals surface area contributed by atoms with Crippen LogP contribution in [0.4, 0.5) is 0 Å². The van der Waals surface area contributed by atoms with Crippen LogP contribution < -0.4 is 0 Å². The van der Waals surface area contributed by atoms with Gasteiger partial charge in [0.2, 0.25) is 0 Å². The number of aliphatic imine (C=N–C) groups is 1. The van der Waals surface area contributed by atoms with Gasteiger partial charge in [-0.2, -0.15) is 0 Å². The van der Waals surface area contributed by atoms with Crippen LogP contribution in [-0.4, -0.2) is 44.6 Å². The van der Waals surface area contributed by atoms with Crippen LogP contribution in [0.5, 0.6) is 0 Å². The Bertz CT molecular complexity index is 423. The molecule has 1 aromatic carbocycles. The minimum atomic E-state index is -0.183. The Labute approximate surface area is 130 Å². The van der Waals surface area contributed by atoms with E-state index in [4.69, 9.17) is 0 Å². The number of nitrogens with zero attached hydrogens (tertiary/aromatic N) is 2. The normalized spacial score (nSPS) is 11.4. The van der Waals surface area contributed by atoms with E-state index in [1.807, 2.05) is 18.2 Å². The monoisotopic (exact) mass is 339 g/mol. The van der Waals surface area contributed by atoms with E-state index in [2.05, 4.69) is 39.8 Å². The van der Waals surface area contributed by atoms with Crippen molar-refractivity contribution in [3.05, 3.63) is 35.9 Å². The van der Waals surface area contributed by atoms with E-state index < -0.39 is 0 Å². The molecule has 0 unspecified atom stereocenters. The summed E-state index contributed by atoms with van der Waals surface area (Å²) < 4.78 is 0.709. The van der Waals surface area contributed by atoms with E-state index in [0.29, 0.717) is 10.3 Å². The molecule has 0 fully saturated rings. The van der Waals surface area contributed by atoms with Gasteiger partial charge in [0.1, 0.15) is 0 Å². The Morgan fingerprint density at radius 1 is 1.10 bits per heavy atom. The molecule has 0 N–H and O–H groups in total. The van der Waals surface area contributed by atoms with E-state index in [1.54, 1.807) is 12.1 Å². The Morgan fingerprint density at radius 3 is 2.15 bits per heavy atom. The maximum absolute atomic E-state index is 12.1. The van der Waals surface area contributed by atoms with Gasteiger partial charge in [-0.25, -0.2) is 0 Å². The zero-order valence-electron chi connectivity index (χ0n) is 12.3. The van der Waals surface area contributed by atoms with Gasteiger partial charge >= 0.3 is 130 Å². The number of hydrogen-bond donors (Lipinski definition) is 0. The molecule has 1 aromatic rings. The van der Waals surface area contributed by atoms with Crippen molar-refractivity contribution >= 4 is 26.7 Å². The van der Waals surface area contributed by atoms with E-state index >= 15 is 0 Å². The molecule has 0 aliphatic heterocycles. The van der Waals surface area contributed by atoms with Crippen molar-refractivity contribution in [3.8, 4) is 0 Å². The van der Waals surface area contributed by atoms with Crippen molar-refractivity contribution in [2.75, 3.05) is 13.1 Å². The second-order valence-electron chi connectivity index (χ2n) is 4.76. The van der Waals surface area contributed by atoms with Crippen LogP contribution >= 0.6 is 0 Å². The number of rotatable bonds is 7. The molecule has 0 atom stereocenters. The molecule has 0 aliphatic carbocycles. The van der Waals surface area contributed by atoms with Crippen molar-refractivity contribution in [2.45, 2.75) is 39.5 Å². The Morgan fingerprint density at radius 2 is 1.65 bits per heavy atom. The van der Waals surface area contributed by atoms with Crippen LogP contribution in [0, 0.1) is 0 Å². The van der Waals surface area contributed by atoms with Crippen LogP contribution in [0.15, 0.2) is 35.3 Å². The van der Waals surface area contributed by atoms with E-state index in [1.165, 1.54) is 0 Å². The Kier molecular flexibility index (Phi) is 8.24. The van der Waals surface area contributed by atoms with Crippen molar-refractivity contribution in [2.24, 2.45) is 4.99 Å². The van der Waals surface area contributed by atoms with Gasteiger partial charge in [-0.1, -0.05) is 0 Å². The molecule has 0 saturated carbocycles. The van der Waals surface area contributed by atoms with Gasteiger partial charge < -0.3 is 0 Å². The predicted molar refractivity (Wildman–Crippen MR) is 85.4 cm³/mol. The van der Waals surface area contributed by atoms with E-state index in [0.717, 1.165) is 38.8 Å². The van der Waals surface area contributed by atoms with Crippen molar-refractivity contribution in [1.29, 1.82) is 0 Å². The zero-order valence-corrected chi connectivity index (χ0v) is 14.1. The fraction of sp³-hybridized carbons (Fsp3) is 0.500. The summed E-state index contributed by atoms with van der Waals surface area (Å²) in [5.41, 5.74) is 0.631. The van der Waals surface area contributed by atoms with Gasteiger partial charge in [0, 0.05) is 0 Å². The summed E-state index contributed by atoms with van der Waals surface area (Å²) >= 11 is 2.95. The average Bonchev–Trinajstić information content (AvgIpc) is 2.48. The summed E-state index contributed by atoms with van der Waals surface area (Å²) in [6.45, 7) is 6.24. The third kappa shape index (κ3) is 5.89. The first kappa shape index (κ1) is 16.9. The first-order valence-electron chi connectivity index (χ1n) is 7.29. The number of amidine groups is 1. The van der Waals surface area contributed by atoms with E-state index in [-0.39, 0.29) is 5.91 Å². The van der Waals surface area contributed by atoms with Crippen LogP contribution in [0.25, 0.3) is 0 Å². The fourth-order valence-electron chi connectivity index (χ4n) is 1.80. The predicted octanol–water partition coefficient (Wildman–Crippen LogP) is 3.25. The molecule has 20 heavy (non-hydrogen) atoms. The maximum atomic E-state index is 12.1. The second kappa shape index (κ2) is 9.73. The van der Waals surface area contributed by atoms with Gasteiger partial charge in [0.25, 0.3) is 0 Å². The van der Waals surface area contributed by atoms with Gasteiger partial charge in [-0.05, 0) is 0 Å². The quantitative estimate of drug-likeness (QED) is 0.434. The molecule has 4 heteroatoms. The molecule has 0 heterocycles. The molecule has 0 aliphatic rings. The summed E-state index contributed by atoms with van der Waals surface area (Å²) in [5, 5.41) is 0. The summed E-state index contributed by atoms with van der Waals surface area (Å²) in [4.78, 5) is 18.4. The number of carbonyl (C=O) groups excluding carboxylic acids is 1. The molecule has 0 aromatic heterocycles. The van der Waals surface area contributed by atoms with Crippen LogP contribution in [-0.2, 0) is 0 Å². The molecule has 0 bridgehead atoms. The standard InChI is InChI=1S/C16H24N2OSe/c1-3-5-12-18(13-6-4-2)16(20)17-15(19)14-10-8-7-9-11-14/h7-11H,3-6,12-13H2,1-2H3,(H,17,19,20)/p-1. The molecular weight excluding hydrogens is 315 g/mol. The zero-order chi connectivity index (χ0) is 14.8. The number of hydrogen-bond acceptors (Lipinski definition) is 1. The van der Waals surface area contributed by atoms with Crippen molar-refractivity contribution < 1.29 is 4.79 Å². The van der Waals surface area contributed by atoms with Gasteiger partial charge in [-0.3, -0.25) is 0 Å². The summed E-state index contributed by atoms with van der Waals surface area (Å²) in [5.74, 6) is -0.183. The van der Waals surface area contributed by atoms with Gasteiger partial charge in [0.15, 0.2) is 0 Å². The minimum absolute atomic E-state index is 0.183. The molecule has 110 valence electrons. The molecule has 1 amide bonds. The molecule has 0 radical (unpaired) electrons. The Balaban J connectivity index is 2.73. The summed E-state index contributed by atoms with van der Waals surface area (Å²) in [6, 6.07) is 9.19. The topological polar surface area (TPSA) is 32.7 Å². The third-order valence-corrected chi connectivity index (χ3v) is 3.78. The van der Waals surface area contributed by atoms with Crippen molar-refractivity contribution in [1.82, 2.24) is 4.90 Å². The Hall–Kier alpha value is -1.12. The van der Waals surface area contributed by atoms with Gasteiger partial charge in [-0.15, -0.1) is 0 Å². The first-order valence-corrected chi connectivity index (χ1v) is 8.14. The van der Waals surface area contributed by atoms with Crippen LogP contribution in [0.1, 0.15) is 49.9 Å². The van der Waals surface area contributed by atoms with Crippen LogP contribution in [0.2, 0.25) is 0 Å². The fourth-order valence-corrected chi connectivity index (χ4v) is 2.36. The SMILES string of the molecule is CCCCN(CCCC)C([Se-])=NC(=O)c1ccccc1. The summed E-state index contributed by atoms with van der Waals surface area (Å²) in [6.07, 6.45) is 4.51.